The van der Waals surface area contributed by atoms with Crippen LogP contribution in [-0.4, -0.2) is 26.7 Å². The van der Waals surface area contributed by atoms with Crippen LogP contribution in [0, 0.1) is 0 Å². The Labute approximate surface area is 623 Å². The molecule has 0 spiro atoms. The average molecular weight is 1360 g/mol. The average Bonchev–Trinajstić information content (AvgIpc) is 0.820. The Morgan fingerprint density at radius 3 is 1.11 bits per heavy atom. The van der Waals surface area contributed by atoms with Crippen molar-refractivity contribution in [2.45, 2.75) is 46.3 Å². The van der Waals surface area contributed by atoms with E-state index in [1.165, 1.54) is 0 Å². The Bertz CT molecular complexity index is 7800. The molecule has 18 aromatic rings. The van der Waals surface area contributed by atoms with Crippen LogP contribution in [0.4, 0.5) is 0 Å². The molecule has 16 aromatic carbocycles. The highest BCUT2D eigenvalue weighted by Gasteiger charge is 2.51. The first-order valence-electron chi connectivity index (χ1n) is 45.4. The van der Waals surface area contributed by atoms with Gasteiger partial charge in [0, 0.05) is 34.4 Å². The fourth-order valence-corrected chi connectivity index (χ4v) is 12.9. The van der Waals surface area contributed by atoms with Gasteiger partial charge in [-0.1, -0.05) is 268 Å². The Morgan fingerprint density at radius 2 is 0.653 bits per heavy atom. The molecule has 0 bridgehead atoms. The number of fused-ring (bicyclic) bond motifs is 12. The molecule has 0 amide bonds. The second kappa shape index (κ2) is 25.7. The monoisotopic (exact) mass is 1360 g/mol. The summed E-state index contributed by atoms with van der Waals surface area (Å²) in [4.78, 5) is 0. The summed E-state index contributed by atoms with van der Waals surface area (Å²) in [6.45, 7) is 8.31. The number of benzene rings is 16. The van der Waals surface area contributed by atoms with Crippen molar-refractivity contribution in [3.05, 3.63) is 319 Å². The molecule has 0 unspecified atom stereocenters. The molecule has 3 radical (unpaired) electrons. The third kappa shape index (κ3) is 11.2. The van der Waals surface area contributed by atoms with Crippen LogP contribution >= 0.6 is 15.9 Å². The van der Waals surface area contributed by atoms with Gasteiger partial charge in [-0.3, -0.25) is 0 Å². The fourth-order valence-electron chi connectivity index (χ4n) is 12.3. The third-order valence-corrected chi connectivity index (χ3v) is 18.5. The lowest BCUT2D eigenvalue weighted by molar-refractivity contribution is 0.00578. The van der Waals surface area contributed by atoms with Crippen molar-refractivity contribution in [1.82, 2.24) is 0 Å². The maximum absolute atomic E-state index is 9.40. The van der Waals surface area contributed by atoms with E-state index < -0.39 is 209 Å². The van der Waals surface area contributed by atoms with Gasteiger partial charge in [0.05, 0.1) is 52.3 Å². The van der Waals surface area contributed by atoms with E-state index in [-0.39, 0.29) is 104 Å². The Kier molecular flexibility index (Phi) is 9.85. The van der Waals surface area contributed by atoms with Crippen molar-refractivity contribution < 1.29 is 59.3 Å². The molecule has 0 saturated carbocycles. The summed E-state index contributed by atoms with van der Waals surface area (Å²) in [5.74, 6) is 0. The summed E-state index contributed by atoms with van der Waals surface area (Å²) >= 11 is 3.28. The molecule has 7 heteroatoms. The second-order valence-corrected chi connectivity index (χ2v) is 24.6. The minimum atomic E-state index is -0.734. The highest BCUT2D eigenvalue weighted by atomic mass is 79.9. The van der Waals surface area contributed by atoms with Gasteiger partial charge in [-0.15, -0.1) is 0 Å². The number of para-hydroxylation sites is 2. The van der Waals surface area contributed by atoms with Crippen molar-refractivity contribution in [1.29, 1.82) is 0 Å². The fraction of sp³-hybridized carbons (Fsp3) is 0.0769. The van der Waals surface area contributed by atoms with E-state index >= 15 is 0 Å². The number of furan rings is 2. The lowest BCUT2D eigenvalue weighted by Crippen LogP contribution is -2.41. The highest BCUT2D eigenvalue weighted by Crippen LogP contribution is 2.47. The summed E-state index contributed by atoms with van der Waals surface area (Å²) in [7, 11) is -0.358. The highest BCUT2D eigenvalue weighted by molar-refractivity contribution is 9.10. The first kappa shape index (κ1) is 37.6. The Balaban J connectivity index is 0.000000156. The minimum Gasteiger partial charge on any atom is -0.456 e. The molecule has 1 aliphatic heterocycles. The van der Waals surface area contributed by atoms with E-state index in [0.29, 0.717) is 22.3 Å². The zero-order valence-electron chi connectivity index (χ0n) is 81.9. The molecule has 1 saturated heterocycles. The predicted molar refractivity (Wildman–Crippen MR) is 422 cm³/mol. The first-order chi connectivity index (χ1) is 59.5. The van der Waals surface area contributed by atoms with E-state index in [2.05, 4.69) is 86.1 Å². The van der Waals surface area contributed by atoms with Crippen molar-refractivity contribution in [3.8, 4) is 55.6 Å². The van der Waals surface area contributed by atoms with Gasteiger partial charge in [-0.25, -0.2) is 0 Å². The molecule has 4 nitrogen and oxygen atoms in total. The van der Waals surface area contributed by atoms with Crippen LogP contribution in [0.25, 0.3) is 164 Å². The molecule has 98 heavy (non-hydrogen) atoms. The minimum absolute atomic E-state index is 0. The maximum Gasteiger partial charge on any atom is 0.494 e. The van der Waals surface area contributed by atoms with Crippen LogP contribution in [-0.2, 0) is 9.31 Å². The first-order valence-corrected chi connectivity index (χ1v) is 31.2. The quantitative estimate of drug-likeness (QED) is 0.123. The molecule has 0 aliphatic carbocycles. The SMILES string of the molecule is C.CC1(C)OB(c2cccc(-c3ccc4oc5ccccc5c4c3)c2)OC1(C)C.[2H]c1c([2H])c([2H])c2c([2H])c(-c3c4c([2H])c([2H])c([2H])c([2H])c4c(-c4cccc(-c5ccc6oc7ccccc7c6c5)c4)c4c([2H])c([2H])c([2H])c([2H])c34)c([2H])c([2H])c2c1[2H].[2H]c1c([2H])c([2H])c2c([2H])c(-c3c4c([2H])c([2H])c([2H])c([2H])c4c(Br)c4c([2H])c([2H])c([2H])c([2H])c34)c([2H])c([2H])c2c1[2H].[B]. The number of hydrogen-bond acceptors (Lipinski definition) is 4. The lowest BCUT2D eigenvalue weighted by Gasteiger charge is -2.32. The zero-order valence-corrected chi connectivity index (χ0v) is 53.5. The summed E-state index contributed by atoms with van der Waals surface area (Å²) in [6, 6.07) is 23.5. The van der Waals surface area contributed by atoms with Gasteiger partial charge < -0.3 is 18.1 Å². The predicted octanol–water partition coefficient (Wildman–Crippen LogP) is 25.4. The van der Waals surface area contributed by atoms with Crippen LogP contribution in [0.15, 0.2) is 328 Å². The molecule has 19 rings (SSSR count). The largest absolute Gasteiger partial charge is 0.494 e. The normalized spacial score (nSPS) is 17.5. The molecule has 1 fully saturated rings. The molecule has 469 valence electrons. The van der Waals surface area contributed by atoms with Crippen molar-refractivity contribution in [2.75, 3.05) is 0 Å². The van der Waals surface area contributed by atoms with Gasteiger partial charge in [0.1, 0.15) is 22.3 Å². The molecular weight excluding hydrogens is 1260 g/mol. The van der Waals surface area contributed by atoms with Gasteiger partial charge >= 0.3 is 7.12 Å². The number of hydrogen-bond donors (Lipinski definition) is 0. The standard InChI is InChI=1S/C42H26O.C24H23BO3.C24H15Br.CH4.B/c1-2-11-28-24-32(21-20-27(28)10-1)42-36-17-5-3-15-34(36)41(35-16-4-6-18-37(35)42)31-13-9-12-29(25-31)30-22-23-40-38(26-30)33-14-7-8-19-39(33)43-40;1-23(2)24(3,4)28-25(27-23)18-9-7-8-16(14-18)17-12-13-22-20(15-17)19-10-5-6-11-21(19)26-22;25-24-21-11-5-3-9-19(21)23(20-10-4-6-12-22(20)24)18-14-13-16-7-1-2-8-17(16)15-18;;/h1-26H;5-15H,1-4H3;1-15H;1H4;/i1D,2D,3D,4D,5D,6D,10D,11D,15D,16D,17D,18D,20D,21D,24D;;1D,2D,3D,4D,5D,6D,7D,8D,9D,10D,11D,12D,13D,14D,15D;;. The van der Waals surface area contributed by atoms with Gasteiger partial charge in [-0.05, 0) is 224 Å². The smallest absolute Gasteiger partial charge is 0.456 e. The number of rotatable bonds is 6. The molecule has 1 aliphatic rings. The maximum atomic E-state index is 9.40. The molecular formula is C91H68B2BrO4. The van der Waals surface area contributed by atoms with Gasteiger partial charge in [0.25, 0.3) is 0 Å². The molecule has 3 heterocycles. The summed E-state index contributed by atoms with van der Waals surface area (Å²) < 4.78 is 285. The van der Waals surface area contributed by atoms with E-state index in [9.17, 15) is 8.22 Å². The van der Waals surface area contributed by atoms with E-state index in [0.717, 1.165) is 54.9 Å². The van der Waals surface area contributed by atoms with Crippen LogP contribution in [0.3, 0.4) is 0 Å². The molecule has 0 N–H and O–H groups in total. The second-order valence-electron chi connectivity index (χ2n) is 23.9. The molecule has 2 aromatic heterocycles. The summed E-state index contributed by atoms with van der Waals surface area (Å²) in [5.41, 5.74) is 5.97. The molecule has 0 atom stereocenters. The van der Waals surface area contributed by atoms with Crippen LogP contribution in [0.5, 0.6) is 0 Å². The third-order valence-electron chi connectivity index (χ3n) is 17.7. The van der Waals surface area contributed by atoms with Crippen LogP contribution < -0.4 is 5.46 Å². The van der Waals surface area contributed by atoms with E-state index in [4.69, 9.17) is 51.0 Å². The number of halogens is 1. The zero-order chi connectivity index (χ0) is 90.8. The van der Waals surface area contributed by atoms with Crippen molar-refractivity contribution in [2.24, 2.45) is 0 Å². The summed E-state index contributed by atoms with van der Waals surface area (Å²) in [6.07, 6.45) is 0. The van der Waals surface area contributed by atoms with Gasteiger partial charge in [0.2, 0.25) is 0 Å². The van der Waals surface area contributed by atoms with Crippen molar-refractivity contribution in [3.63, 3.8) is 0 Å². The topological polar surface area (TPSA) is 44.7 Å². The van der Waals surface area contributed by atoms with E-state index in [1.54, 1.807) is 18.2 Å². The van der Waals surface area contributed by atoms with E-state index in [1.807, 2.05) is 72.8 Å². The summed E-state index contributed by atoms with van der Waals surface area (Å²) in [5, 5.41) is 0.537. The van der Waals surface area contributed by atoms with Gasteiger partial charge in [0.15, 0.2) is 0 Å². The Hall–Kier alpha value is -10.8. The Morgan fingerprint density at radius 1 is 0.306 bits per heavy atom. The van der Waals surface area contributed by atoms with Crippen LogP contribution in [0.2, 0.25) is 0 Å². The van der Waals surface area contributed by atoms with Crippen LogP contribution in [0.1, 0.15) is 76.2 Å². The van der Waals surface area contributed by atoms with Crippen molar-refractivity contribution >= 4 is 145 Å². The van der Waals surface area contributed by atoms with Gasteiger partial charge in [-0.2, -0.15) is 0 Å². The lowest BCUT2D eigenvalue weighted by atomic mass is 9.78.